The summed E-state index contributed by atoms with van der Waals surface area (Å²) in [5.74, 6) is 2.27. The molecule has 0 amide bonds. The van der Waals surface area contributed by atoms with Gasteiger partial charge in [-0.2, -0.15) is 0 Å². The zero-order chi connectivity index (χ0) is 29.6. The Hall–Kier alpha value is -3.68. The third kappa shape index (κ3) is 6.94. The second-order valence-electron chi connectivity index (χ2n) is 12.0. The maximum absolute atomic E-state index is 13.4. The number of likely N-dealkylation sites (tertiary alicyclic amines) is 2. The summed E-state index contributed by atoms with van der Waals surface area (Å²) < 4.78 is 18.4. The number of ether oxygens (including phenoxy) is 3. The summed E-state index contributed by atoms with van der Waals surface area (Å²) in [7, 11) is 1.65. The number of methoxy groups -OCH3 is 1. The van der Waals surface area contributed by atoms with E-state index in [0.29, 0.717) is 41.6 Å². The van der Waals surface area contributed by atoms with Crippen molar-refractivity contribution in [3.05, 3.63) is 83.8 Å². The number of rotatable bonds is 11. The third-order valence-electron chi connectivity index (χ3n) is 9.08. The Morgan fingerprint density at radius 1 is 0.953 bits per heavy atom. The van der Waals surface area contributed by atoms with Gasteiger partial charge in [-0.05, 0) is 89.8 Å². The number of nitrogens with zero attached hydrogens (tertiary/aromatic N) is 3. The average Bonchev–Trinajstić information content (AvgIpc) is 3.59. The van der Waals surface area contributed by atoms with E-state index in [1.807, 2.05) is 67.6 Å². The van der Waals surface area contributed by atoms with Gasteiger partial charge in [-0.3, -0.25) is 9.78 Å². The molecule has 226 valence electrons. The second kappa shape index (κ2) is 13.7. The fourth-order valence-corrected chi connectivity index (χ4v) is 6.66. The van der Waals surface area contributed by atoms with Crippen LogP contribution in [-0.4, -0.2) is 73.0 Å². The SMILES string of the molecule is COc1cc2c(OC3=CC=C(C)CC3C(=O)c3ccccc3)ccnc2cc1OCCCN1CCC(N2CCCC2)CC1. The lowest BCUT2D eigenvalue weighted by Gasteiger charge is -2.36. The molecular formula is C36H43N3O4. The number of pyridine rings is 1. The van der Waals surface area contributed by atoms with Crippen molar-refractivity contribution in [2.45, 2.75) is 51.5 Å². The van der Waals surface area contributed by atoms with E-state index in [2.05, 4.69) is 14.8 Å². The molecule has 3 aromatic rings. The van der Waals surface area contributed by atoms with Crippen molar-refractivity contribution in [1.29, 1.82) is 0 Å². The number of allylic oxidation sites excluding steroid dienone is 4. The highest BCUT2D eigenvalue weighted by molar-refractivity contribution is 5.99. The summed E-state index contributed by atoms with van der Waals surface area (Å²) in [4.78, 5) is 23.3. The summed E-state index contributed by atoms with van der Waals surface area (Å²) in [6.45, 7) is 8.64. The first-order valence-corrected chi connectivity index (χ1v) is 15.8. The van der Waals surface area contributed by atoms with E-state index in [9.17, 15) is 4.79 Å². The van der Waals surface area contributed by atoms with Gasteiger partial charge in [0.1, 0.15) is 11.5 Å². The molecule has 3 aliphatic rings. The minimum Gasteiger partial charge on any atom is -0.493 e. The molecule has 0 radical (unpaired) electrons. The van der Waals surface area contributed by atoms with Gasteiger partial charge < -0.3 is 24.0 Å². The van der Waals surface area contributed by atoms with Gasteiger partial charge in [0.05, 0.1) is 25.2 Å². The number of piperidine rings is 1. The van der Waals surface area contributed by atoms with Crippen LogP contribution in [0.2, 0.25) is 0 Å². The molecular weight excluding hydrogens is 538 g/mol. The Morgan fingerprint density at radius 3 is 2.51 bits per heavy atom. The zero-order valence-corrected chi connectivity index (χ0v) is 25.5. The molecule has 1 aliphatic carbocycles. The van der Waals surface area contributed by atoms with Crippen LogP contribution in [0, 0.1) is 5.92 Å². The maximum atomic E-state index is 13.4. The number of aromatic nitrogens is 1. The Balaban J connectivity index is 1.10. The van der Waals surface area contributed by atoms with Crippen molar-refractivity contribution in [1.82, 2.24) is 14.8 Å². The van der Waals surface area contributed by atoms with Crippen molar-refractivity contribution in [2.75, 3.05) is 46.4 Å². The molecule has 0 spiro atoms. The predicted molar refractivity (Wildman–Crippen MR) is 170 cm³/mol. The second-order valence-corrected chi connectivity index (χ2v) is 12.0. The van der Waals surface area contributed by atoms with Gasteiger partial charge in [0.2, 0.25) is 0 Å². The van der Waals surface area contributed by atoms with Crippen molar-refractivity contribution >= 4 is 16.7 Å². The molecule has 43 heavy (non-hydrogen) atoms. The molecule has 1 atom stereocenters. The smallest absolute Gasteiger partial charge is 0.173 e. The minimum absolute atomic E-state index is 0.0573. The molecule has 1 unspecified atom stereocenters. The standard InChI is InChI=1S/C36H43N3O4/c1-26-11-12-32(30(23-26)36(40)27-9-4-3-5-10-27)43-33-13-16-37-31-25-35(34(41-2)24-29(31)33)42-22-8-17-38-20-14-28(15-21-38)39-18-6-7-19-39/h3-5,9-13,16,24-25,28,30H,6-8,14-15,17-23H2,1-2H3. The lowest BCUT2D eigenvalue weighted by atomic mass is 9.86. The topological polar surface area (TPSA) is 64.1 Å². The fourth-order valence-electron chi connectivity index (χ4n) is 6.66. The molecule has 0 bridgehead atoms. The van der Waals surface area contributed by atoms with Gasteiger partial charge >= 0.3 is 0 Å². The van der Waals surface area contributed by atoms with Crippen LogP contribution in [0.25, 0.3) is 10.9 Å². The van der Waals surface area contributed by atoms with E-state index >= 15 is 0 Å². The quantitative estimate of drug-likeness (QED) is 0.185. The summed E-state index contributed by atoms with van der Waals surface area (Å²) in [5, 5.41) is 0.811. The van der Waals surface area contributed by atoms with Gasteiger partial charge in [0, 0.05) is 35.8 Å². The monoisotopic (exact) mass is 581 g/mol. The number of carbonyl (C=O) groups is 1. The highest BCUT2D eigenvalue weighted by atomic mass is 16.5. The van der Waals surface area contributed by atoms with Gasteiger partial charge in [-0.1, -0.05) is 42.0 Å². The molecule has 0 N–H and O–H groups in total. The molecule has 2 aliphatic heterocycles. The van der Waals surface area contributed by atoms with Gasteiger partial charge in [-0.25, -0.2) is 0 Å². The molecule has 0 saturated carbocycles. The van der Waals surface area contributed by atoms with Crippen LogP contribution in [-0.2, 0) is 0 Å². The van der Waals surface area contributed by atoms with Gasteiger partial charge in [0.15, 0.2) is 17.3 Å². The Labute approximate surface area is 255 Å². The Bertz CT molecular complexity index is 1470. The van der Waals surface area contributed by atoms with Crippen LogP contribution in [0.15, 0.2) is 78.2 Å². The van der Waals surface area contributed by atoms with E-state index in [1.165, 1.54) is 51.9 Å². The van der Waals surface area contributed by atoms with Crippen LogP contribution in [0.1, 0.15) is 55.8 Å². The average molecular weight is 582 g/mol. The van der Waals surface area contributed by atoms with Gasteiger partial charge in [0.25, 0.3) is 0 Å². The molecule has 6 rings (SSSR count). The lowest BCUT2D eigenvalue weighted by molar-refractivity contribution is 0.0915. The molecule has 3 heterocycles. The van der Waals surface area contributed by atoms with Crippen LogP contribution >= 0.6 is 0 Å². The van der Waals surface area contributed by atoms with Gasteiger partial charge in [-0.15, -0.1) is 0 Å². The van der Waals surface area contributed by atoms with Crippen molar-refractivity contribution in [3.8, 4) is 17.2 Å². The first kappa shape index (κ1) is 29.4. The number of benzene rings is 2. The van der Waals surface area contributed by atoms with E-state index < -0.39 is 0 Å². The lowest BCUT2D eigenvalue weighted by Crippen LogP contribution is -2.44. The summed E-state index contributed by atoms with van der Waals surface area (Å²) in [6, 6.07) is 15.9. The van der Waals surface area contributed by atoms with Crippen LogP contribution in [0.3, 0.4) is 0 Å². The van der Waals surface area contributed by atoms with E-state index in [4.69, 9.17) is 14.2 Å². The van der Waals surface area contributed by atoms with Crippen molar-refractivity contribution < 1.29 is 19.0 Å². The number of hydrogen-bond acceptors (Lipinski definition) is 7. The highest BCUT2D eigenvalue weighted by Gasteiger charge is 2.29. The number of ketones is 1. The zero-order valence-electron chi connectivity index (χ0n) is 25.5. The Morgan fingerprint density at radius 2 is 1.74 bits per heavy atom. The largest absolute Gasteiger partial charge is 0.493 e. The first-order valence-electron chi connectivity index (χ1n) is 15.8. The van der Waals surface area contributed by atoms with Crippen LogP contribution < -0.4 is 14.2 Å². The van der Waals surface area contributed by atoms with Crippen LogP contribution in [0.5, 0.6) is 17.2 Å². The van der Waals surface area contributed by atoms with Crippen molar-refractivity contribution in [3.63, 3.8) is 0 Å². The van der Waals surface area contributed by atoms with Crippen molar-refractivity contribution in [2.24, 2.45) is 5.92 Å². The van der Waals surface area contributed by atoms with Crippen LogP contribution in [0.4, 0.5) is 0 Å². The highest BCUT2D eigenvalue weighted by Crippen LogP contribution is 2.38. The number of carbonyl (C=O) groups excluding carboxylic acids is 1. The molecule has 7 nitrogen and oxygen atoms in total. The molecule has 2 saturated heterocycles. The fraction of sp³-hybridized carbons (Fsp3) is 0.444. The minimum atomic E-state index is -0.383. The molecule has 2 fully saturated rings. The maximum Gasteiger partial charge on any atom is 0.173 e. The summed E-state index contributed by atoms with van der Waals surface area (Å²) in [5.41, 5.74) is 2.59. The third-order valence-corrected chi connectivity index (χ3v) is 9.08. The first-order chi connectivity index (χ1) is 21.1. The number of Topliss-reactive ketones (excluding diaryl/α,β-unsaturated/α-hetero) is 1. The van der Waals surface area contributed by atoms with E-state index in [0.717, 1.165) is 35.5 Å². The van der Waals surface area contributed by atoms with E-state index in [1.54, 1.807) is 13.3 Å². The number of hydrogen-bond donors (Lipinski definition) is 0. The molecule has 7 heteroatoms. The van der Waals surface area contributed by atoms with E-state index in [-0.39, 0.29) is 11.7 Å². The molecule has 1 aromatic heterocycles. The summed E-state index contributed by atoms with van der Waals surface area (Å²) in [6.07, 6.45) is 12.6. The molecule has 2 aromatic carbocycles. The normalized spacial score (nSPS) is 20.1. The summed E-state index contributed by atoms with van der Waals surface area (Å²) >= 11 is 0. The predicted octanol–water partition coefficient (Wildman–Crippen LogP) is 6.68. The Kier molecular flexibility index (Phi) is 9.39. The number of fused-ring (bicyclic) bond motifs is 1.